The first-order valence-corrected chi connectivity index (χ1v) is 11.6. The number of rotatable bonds is 5. The minimum atomic E-state index is -0.565. The third-order valence-electron chi connectivity index (χ3n) is 5.97. The minimum Gasteiger partial charge on any atom is -0.444 e. The molecule has 10 heteroatoms. The lowest BCUT2D eigenvalue weighted by Crippen LogP contribution is -2.44. The molecule has 3 N–H and O–H groups in total. The molecule has 0 spiro atoms. The number of carbonyl (C=O) groups excluding carboxylic acids is 2. The predicted octanol–water partition coefficient (Wildman–Crippen LogP) is 3.03. The van der Waals surface area contributed by atoms with Gasteiger partial charge in [-0.2, -0.15) is 0 Å². The van der Waals surface area contributed by atoms with Gasteiger partial charge >= 0.3 is 11.8 Å². The van der Waals surface area contributed by atoms with Crippen LogP contribution in [0.4, 0.5) is 10.5 Å². The highest BCUT2D eigenvalue weighted by Crippen LogP contribution is 2.24. The first kappa shape index (κ1) is 24.3. The summed E-state index contributed by atoms with van der Waals surface area (Å²) < 4.78 is 12.2. The molecule has 1 aliphatic rings. The third kappa shape index (κ3) is 5.64. The van der Waals surface area contributed by atoms with Crippen molar-refractivity contribution in [3.63, 3.8) is 0 Å². The smallest absolute Gasteiger partial charge is 0.419 e. The lowest BCUT2D eigenvalue weighted by Gasteiger charge is -2.34. The van der Waals surface area contributed by atoms with Gasteiger partial charge in [-0.1, -0.05) is 6.07 Å². The van der Waals surface area contributed by atoms with E-state index in [9.17, 15) is 14.4 Å². The van der Waals surface area contributed by atoms with Gasteiger partial charge < -0.3 is 25.1 Å². The maximum Gasteiger partial charge on any atom is 0.419 e. The number of aromatic nitrogens is 2. The molecule has 0 unspecified atom stereocenters. The molecular formula is C25H31N5O5. The Hall–Kier alpha value is -3.82. The van der Waals surface area contributed by atoms with Gasteiger partial charge in [0.05, 0.1) is 16.8 Å². The van der Waals surface area contributed by atoms with E-state index in [0.29, 0.717) is 49.2 Å². The summed E-state index contributed by atoms with van der Waals surface area (Å²) in [4.78, 5) is 42.2. The van der Waals surface area contributed by atoms with Crippen LogP contribution < -0.4 is 16.8 Å². The number of nitrogens with one attached hydrogen (secondary N) is 1. The first-order valence-electron chi connectivity index (χ1n) is 11.6. The maximum atomic E-state index is 12.3. The van der Waals surface area contributed by atoms with Crippen molar-refractivity contribution in [3.8, 4) is 0 Å². The molecule has 2 aromatic heterocycles. The van der Waals surface area contributed by atoms with Crippen molar-refractivity contribution in [2.75, 3.05) is 18.4 Å². The largest absolute Gasteiger partial charge is 0.444 e. The molecule has 0 bridgehead atoms. The Morgan fingerprint density at radius 2 is 1.94 bits per heavy atom. The van der Waals surface area contributed by atoms with Crippen molar-refractivity contribution in [2.24, 2.45) is 12.8 Å². The van der Waals surface area contributed by atoms with Crippen molar-refractivity contribution in [2.45, 2.75) is 51.7 Å². The van der Waals surface area contributed by atoms with Crippen LogP contribution in [0.1, 0.15) is 55.2 Å². The van der Waals surface area contributed by atoms with E-state index in [-0.39, 0.29) is 12.1 Å². The molecule has 0 aliphatic carbocycles. The van der Waals surface area contributed by atoms with E-state index in [0.717, 1.165) is 16.8 Å². The number of oxazole rings is 1. The van der Waals surface area contributed by atoms with Crippen molar-refractivity contribution in [3.05, 3.63) is 57.8 Å². The van der Waals surface area contributed by atoms with Gasteiger partial charge in [-0.15, -0.1) is 0 Å². The Kier molecular flexibility index (Phi) is 6.56. The summed E-state index contributed by atoms with van der Waals surface area (Å²) in [7, 11) is 1.66. The Morgan fingerprint density at radius 1 is 1.23 bits per heavy atom. The number of hydrogen-bond donors (Lipinski definition) is 2. The van der Waals surface area contributed by atoms with Crippen LogP contribution in [0.5, 0.6) is 0 Å². The molecule has 0 atom stereocenters. The predicted molar refractivity (Wildman–Crippen MR) is 131 cm³/mol. The average Bonchev–Trinajstić information content (AvgIpc) is 3.06. The summed E-state index contributed by atoms with van der Waals surface area (Å²) >= 11 is 0. The van der Waals surface area contributed by atoms with Gasteiger partial charge in [0, 0.05) is 44.5 Å². The molecule has 3 aromatic rings. The monoisotopic (exact) mass is 481 g/mol. The molecule has 1 aliphatic heterocycles. The SMILES string of the molecule is Cn1c(=O)oc2cc(Cc3cc(NC4CCN(C(=O)OC(C)(C)C)CC4)c(C(N)=O)cn3)ccc21. The number of nitrogens with two attached hydrogens (primary N) is 1. The fourth-order valence-electron chi connectivity index (χ4n) is 4.16. The Balaban J connectivity index is 1.47. The second-order valence-corrected chi connectivity index (χ2v) is 9.88. The third-order valence-corrected chi connectivity index (χ3v) is 5.97. The van der Waals surface area contributed by atoms with Gasteiger partial charge in [-0.05, 0) is 57.4 Å². The number of pyridine rings is 1. The van der Waals surface area contributed by atoms with E-state index in [1.165, 1.54) is 10.8 Å². The second kappa shape index (κ2) is 9.44. The molecule has 1 saturated heterocycles. The number of benzene rings is 1. The molecule has 186 valence electrons. The Labute approximate surface area is 203 Å². The van der Waals surface area contributed by atoms with E-state index in [2.05, 4.69) is 10.3 Å². The van der Waals surface area contributed by atoms with Crippen LogP contribution >= 0.6 is 0 Å². The van der Waals surface area contributed by atoms with E-state index >= 15 is 0 Å². The van der Waals surface area contributed by atoms with E-state index in [1.807, 2.05) is 45.0 Å². The molecule has 35 heavy (non-hydrogen) atoms. The summed E-state index contributed by atoms with van der Waals surface area (Å²) in [5.74, 6) is -0.976. The maximum absolute atomic E-state index is 12.3. The van der Waals surface area contributed by atoms with Crippen LogP contribution in [0.25, 0.3) is 11.1 Å². The number of carbonyl (C=O) groups is 2. The quantitative estimate of drug-likeness (QED) is 0.572. The van der Waals surface area contributed by atoms with Crippen LogP contribution in [0.2, 0.25) is 0 Å². The van der Waals surface area contributed by atoms with Crippen LogP contribution in [-0.2, 0) is 18.2 Å². The number of nitrogens with zero attached hydrogens (tertiary/aromatic N) is 3. The van der Waals surface area contributed by atoms with Gasteiger partial charge in [0.25, 0.3) is 5.91 Å². The lowest BCUT2D eigenvalue weighted by molar-refractivity contribution is 0.0210. The Morgan fingerprint density at radius 3 is 2.60 bits per heavy atom. The molecule has 1 aromatic carbocycles. The number of primary amides is 1. The van der Waals surface area contributed by atoms with E-state index < -0.39 is 17.3 Å². The highest BCUT2D eigenvalue weighted by molar-refractivity contribution is 5.98. The molecule has 1 fully saturated rings. The summed E-state index contributed by atoms with van der Waals surface area (Å²) in [6, 6.07) is 7.47. The van der Waals surface area contributed by atoms with E-state index in [4.69, 9.17) is 14.9 Å². The molecule has 0 saturated carbocycles. The van der Waals surface area contributed by atoms with Gasteiger partial charge in [0.2, 0.25) is 0 Å². The number of hydrogen-bond acceptors (Lipinski definition) is 7. The topological polar surface area (TPSA) is 133 Å². The number of anilines is 1. The first-order chi connectivity index (χ1) is 16.5. The minimum absolute atomic E-state index is 0.0666. The van der Waals surface area contributed by atoms with Crippen molar-refractivity contribution in [1.82, 2.24) is 14.5 Å². The van der Waals surface area contributed by atoms with Crippen LogP contribution in [0, 0.1) is 0 Å². The highest BCUT2D eigenvalue weighted by Gasteiger charge is 2.27. The van der Waals surface area contributed by atoms with E-state index in [1.54, 1.807) is 11.9 Å². The summed E-state index contributed by atoms with van der Waals surface area (Å²) in [6.45, 7) is 6.65. The zero-order chi connectivity index (χ0) is 25.3. The van der Waals surface area contributed by atoms with Crippen LogP contribution in [0.15, 0.2) is 39.7 Å². The number of amides is 2. The highest BCUT2D eigenvalue weighted by atomic mass is 16.6. The zero-order valence-electron chi connectivity index (χ0n) is 20.5. The normalized spacial score (nSPS) is 14.8. The van der Waals surface area contributed by atoms with Crippen LogP contribution in [0.3, 0.4) is 0 Å². The number of aryl methyl sites for hydroxylation is 1. The molecular weight excluding hydrogens is 450 g/mol. The number of fused-ring (bicyclic) bond motifs is 1. The molecule has 10 nitrogen and oxygen atoms in total. The zero-order valence-corrected chi connectivity index (χ0v) is 20.5. The van der Waals surface area contributed by atoms with Gasteiger partial charge in [0.15, 0.2) is 5.58 Å². The van der Waals surface area contributed by atoms with Gasteiger partial charge in [0.1, 0.15) is 5.60 Å². The van der Waals surface area contributed by atoms with Crippen molar-refractivity contribution < 1.29 is 18.7 Å². The van der Waals surface area contributed by atoms with Crippen molar-refractivity contribution in [1.29, 1.82) is 0 Å². The molecule has 3 heterocycles. The second-order valence-electron chi connectivity index (χ2n) is 9.88. The average molecular weight is 482 g/mol. The number of likely N-dealkylation sites (tertiary alicyclic amines) is 1. The molecule has 4 rings (SSSR count). The standard InChI is InChI=1S/C25H31N5O5/c1-25(2,3)35-24(33)30-9-7-16(8-10-30)28-19-13-17(27-14-18(19)22(26)31)11-15-5-6-20-21(12-15)34-23(32)29(20)4/h5-6,12-14,16H,7-11H2,1-4H3,(H2,26,31)(H,27,28). The number of piperidine rings is 1. The molecule has 0 radical (unpaired) electrons. The van der Waals surface area contributed by atoms with Crippen LogP contribution in [-0.4, -0.2) is 51.2 Å². The Bertz CT molecular complexity index is 1310. The number of ether oxygens (including phenoxy) is 1. The van der Waals surface area contributed by atoms with Crippen molar-refractivity contribution >= 4 is 28.8 Å². The summed E-state index contributed by atoms with van der Waals surface area (Å²) in [5.41, 5.74) is 8.87. The lowest BCUT2D eigenvalue weighted by atomic mass is 10.0. The fraction of sp³-hybridized carbons (Fsp3) is 0.440. The van der Waals surface area contributed by atoms with Gasteiger partial charge in [-0.3, -0.25) is 14.3 Å². The van der Waals surface area contributed by atoms with Gasteiger partial charge in [-0.25, -0.2) is 9.59 Å². The fourth-order valence-corrected chi connectivity index (χ4v) is 4.16. The molecule has 2 amide bonds. The summed E-state index contributed by atoms with van der Waals surface area (Å²) in [6.07, 6.45) is 3.07. The summed E-state index contributed by atoms with van der Waals surface area (Å²) in [5, 5.41) is 3.42.